The van der Waals surface area contributed by atoms with Gasteiger partial charge in [-0.25, -0.2) is 5.10 Å². The Morgan fingerprint density at radius 3 is 2.07 bits per heavy atom. The van der Waals surface area contributed by atoms with Crippen LogP contribution in [0.15, 0.2) is 48.5 Å². The van der Waals surface area contributed by atoms with Crippen molar-refractivity contribution in [1.29, 1.82) is 0 Å². The molecule has 0 spiro atoms. The predicted octanol–water partition coefficient (Wildman–Crippen LogP) is -0.288. The molecular formula is C19H20N4O6. The molecule has 2 heterocycles. The molecule has 10 heteroatoms. The summed E-state index contributed by atoms with van der Waals surface area (Å²) in [4.78, 5) is 0. The molecule has 3 aromatic rings. The molecular weight excluding hydrogens is 380 g/mol. The smallest absolute Gasteiger partial charge is 0.229 e. The first-order chi connectivity index (χ1) is 14.1. The first-order valence-electron chi connectivity index (χ1n) is 8.98. The van der Waals surface area contributed by atoms with Gasteiger partial charge in [0.25, 0.3) is 0 Å². The third-order valence-electron chi connectivity index (χ3n) is 4.79. The van der Waals surface area contributed by atoms with Crippen LogP contribution in [0.1, 0.15) is 0 Å². The molecule has 10 nitrogen and oxygen atoms in total. The number of nitrogens with zero attached hydrogens (tertiary/aromatic N) is 3. The number of aromatic nitrogens is 4. The maximum atomic E-state index is 10.1. The van der Waals surface area contributed by atoms with Crippen molar-refractivity contribution in [2.45, 2.75) is 30.7 Å². The van der Waals surface area contributed by atoms with Gasteiger partial charge in [-0.3, -0.25) is 0 Å². The van der Waals surface area contributed by atoms with Crippen LogP contribution >= 0.6 is 0 Å². The van der Waals surface area contributed by atoms with Crippen molar-refractivity contribution >= 4 is 0 Å². The molecule has 5 N–H and O–H groups in total. The van der Waals surface area contributed by atoms with Crippen molar-refractivity contribution in [3.63, 3.8) is 0 Å². The number of benzene rings is 2. The Morgan fingerprint density at radius 1 is 0.862 bits per heavy atom. The fraction of sp³-hybridized carbons (Fsp3) is 0.316. The van der Waals surface area contributed by atoms with Crippen LogP contribution in [0.25, 0.3) is 22.5 Å². The van der Waals surface area contributed by atoms with Gasteiger partial charge >= 0.3 is 0 Å². The van der Waals surface area contributed by atoms with Gasteiger partial charge in [-0.05, 0) is 33.7 Å². The monoisotopic (exact) mass is 400 g/mol. The Bertz CT molecular complexity index is 917. The second-order valence-electron chi connectivity index (χ2n) is 6.67. The zero-order valence-corrected chi connectivity index (χ0v) is 15.2. The molecule has 0 radical (unpaired) electrons. The highest BCUT2D eigenvalue weighted by atomic mass is 16.7. The average molecular weight is 400 g/mol. The number of ether oxygens (including phenoxy) is 2. The summed E-state index contributed by atoms with van der Waals surface area (Å²) in [6.45, 7) is -0.510. The molecule has 1 fully saturated rings. The Kier molecular flexibility index (Phi) is 5.51. The highest BCUT2D eigenvalue weighted by molar-refractivity contribution is 5.68. The summed E-state index contributed by atoms with van der Waals surface area (Å²) in [5, 5.41) is 52.7. The van der Waals surface area contributed by atoms with Crippen LogP contribution in [0.3, 0.4) is 0 Å². The number of nitrogens with one attached hydrogen (secondary N) is 1. The molecule has 0 aliphatic carbocycles. The van der Waals surface area contributed by atoms with Gasteiger partial charge in [0.05, 0.1) is 6.61 Å². The molecule has 0 saturated carbocycles. The van der Waals surface area contributed by atoms with E-state index < -0.39 is 37.3 Å². The van der Waals surface area contributed by atoms with Crippen LogP contribution < -0.4 is 4.74 Å². The first kappa shape index (κ1) is 19.4. The van der Waals surface area contributed by atoms with Gasteiger partial charge in [0.15, 0.2) is 5.82 Å². The van der Waals surface area contributed by atoms with Gasteiger partial charge in [0.2, 0.25) is 6.29 Å². The number of aliphatic hydroxyl groups is 4. The van der Waals surface area contributed by atoms with Gasteiger partial charge in [0.1, 0.15) is 30.2 Å². The Hall–Kier alpha value is -2.89. The number of hydrogen-bond acceptors (Lipinski definition) is 9. The summed E-state index contributed by atoms with van der Waals surface area (Å²) in [5.74, 6) is 0.988. The van der Waals surface area contributed by atoms with E-state index in [1.165, 1.54) is 0 Å². The van der Waals surface area contributed by atoms with E-state index in [9.17, 15) is 20.4 Å². The molecule has 2 aromatic carbocycles. The van der Waals surface area contributed by atoms with Crippen molar-refractivity contribution in [2.24, 2.45) is 0 Å². The molecule has 0 amide bonds. The lowest BCUT2D eigenvalue weighted by Crippen LogP contribution is -2.60. The molecule has 152 valence electrons. The average Bonchev–Trinajstić information content (AvgIpc) is 3.30. The molecule has 1 aromatic heterocycles. The largest absolute Gasteiger partial charge is 0.462 e. The van der Waals surface area contributed by atoms with Crippen LogP contribution in [0.2, 0.25) is 0 Å². The maximum absolute atomic E-state index is 10.1. The van der Waals surface area contributed by atoms with Gasteiger partial charge in [-0.15, -0.1) is 5.10 Å². The van der Waals surface area contributed by atoms with Gasteiger partial charge in [0, 0.05) is 5.56 Å². The van der Waals surface area contributed by atoms with Crippen molar-refractivity contribution < 1.29 is 29.9 Å². The molecule has 1 saturated heterocycles. The van der Waals surface area contributed by atoms with E-state index >= 15 is 0 Å². The van der Waals surface area contributed by atoms with E-state index in [0.717, 1.165) is 16.7 Å². The lowest BCUT2D eigenvalue weighted by Gasteiger charge is -2.39. The van der Waals surface area contributed by atoms with Crippen molar-refractivity contribution in [3.05, 3.63) is 48.5 Å². The van der Waals surface area contributed by atoms with E-state index in [2.05, 4.69) is 20.6 Å². The lowest BCUT2D eigenvalue weighted by molar-refractivity contribution is -0.277. The molecule has 0 bridgehead atoms. The van der Waals surface area contributed by atoms with E-state index in [4.69, 9.17) is 9.47 Å². The minimum atomic E-state index is -1.48. The van der Waals surface area contributed by atoms with Crippen molar-refractivity contribution in [1.82, 2.24) is 20.6 Å². The zero-order valence-electron chi connectivity index (χ0n) is 15.2. The molecule has 4 rings (SSSR count). The van der Waals surface area contributed by atoms with E-state index in [0.29, 0.717) is 11.6 Å². The Balaban J connectivity index is 1.45. The van der Waals surface area contributed by atoms with Crippen LogP contribution in [-0.4, -0.2) is 78.4 Å². The summed E-state index contributed by atoms with van der Waals surface area (Å²) in [6.07, 6.45) is -6.59. The molecule has 1 aliphatic rings. The van der Waals surface area contributed by atoms with Crippen LogP contribution in [0.5, 0.6) is 5.75 Å². The standard InChI is InChI=1S/C19H20N4O6/c24-9-14-15(25)16(26)17(27)19(29-14)28-13-7-5-11(6-8-13)10-1-3-12(4-2-10)18-20-22-23-21-18/h1-8,14-17,19,24-27H,9H2,(H,20,21,22,23)/t14?,15-,16?,17?,19+/m1/s1. The topological polar surface area (TPSA) is 154 Å². The number of tetrazole rings is 1. The minimum Gasteiger partial charge on any atom is -0.462 e. The molecule has 3 unspecified atom stereocenters. The van der Waals surface area contributed by atoms with E-state index in [1.54, 1.807) is 12.1 Å². The Labute approximate surface area is 165 Å². The van der Waals surface area contributed by atoms with Crippen LogP contribution in [0, 0.1) is 0 Å². The molecule has 29 heavy (non-hydrogen) atoms. The van der Waals surface area contributed by atoms with E-state index in [-0.39, 0.29) is 0 Å². The second kappa shape index (κ2) is 8.23. The number of H-pyrrole nitrogens is 1. The summed E-state index contributed by atoms with van der Waals surface area (Å²) < 4.78 is 10.9. The fourth-order valence-corrected chi connectivity index (χ4v) is 3.13. The third-order valence-corrected chi connectivity index (χ3v) is 4.79. The summed E-state index contributed by atoms with van der Waals surface area (Å²) in [7, 11) is 0. The molecule has 1 aliphatic heterocycles. The van der Waals surface area contributed by atoms with Crippen molar-refractivity contribution in [3.8, 4) is 28.3 Å². The van der Waals surface area contributed by atoms with Crippen molar-refractivity contribution in [2.75, 3.05) is 6.61 Å². The second-order valence-corrected chi connectivity index (χ2v) is 6.67. The zero-order chi connectivity index (χ0) is 20.4. The third kappa shape index (κ3) is 3.97. The van der Waals surface area contributed by atoms with Gasteiger partial charge < -0.3 is 29.9 Å². The van der Waals surface area contributed by atoms with E-state index in [1.807, 2.05) is 36.4 Å². The van der Waals surface area contributed by atoms with Crippen LogP contribution in [0.4, 0.5) is 0 Å². The highest BCUT2D eigenvalue weighted by Gasteiger charge is 2.44. The SMILES string of the molecule is OCC1O[C@H](Oc2ccc(-c3ccc(-c4nnn[nH]4)cc3)cc2)C(O)C(O)[C@@H]1O. The normalized spacial score (nSPS) is 27.0. The van der Waals surface area contributed by atoms with Crippen LogP contribution in [-0.2, 0) is 4.74 Å². The number of rotatable bonds is 5. The minimum absolute atomic E-state index is 0.405. The number of aromatic amines is 1. The lowest BCUT2D eigenvalue weighted by atomic mass is 9.99. The fourth-order valence-electron chi connectivity index (χ4n) is 3.13. The highest BCUT2D eigenvalue weighted by Crippen LogP contribution is 2.27. The summed E-state index contributed by atoms with van der Waals surface area (Å²) in [5.41, 5.74) is 2.77. The summed E-state index contributed by atoms with van der Waals surface area (Å²) >= 11 is 0. The first-order valence-corrected chi connectivity index (χ1v) is 8.98. The quantitative estimate of drug-likeness (QED) is 0.389. The maximum Gasteiger partial charge on any atom is 0.229 e. The molecule has 5 atom stereocenters. The number of aliphatic hydroxyl groups excluding tert-OH is 4. The Morgan fingerprint density at radius 2 is 1.48 bits per heavy atom. The predicted molar refractivity (Wildman–Crippen MR) is 99.4 cm³/mol. The van der Waals surface area contributed by atoms with Gasteiger partial charge in [-0.1, -0.05) is 36.4 Å². The summed E-state index contributed by atoms with van der Waals surface area (Å²) in [6, 6.07) is 14.7. The van der Waals surface area contributed by atoms with Gasteiger partial charge in [-0.2, -0.15) is 0 Å². The number of hydrogen-bond donors (Lipinski definition) is 5.